The lowest BCUT2D eigenvalue weighted by Gasteiger charge is -2.27. The zero-order chi connectivity index (χ0) is 13.5. The van der Waals surface area contributed by atoms with Gasteiger partial charge in [0.2, 0.25) is 0 Å². The molecule has 1 unspecified atom stereocenters. The number of anilines is 1. The summed E-state index contributed by atoms with van der Waals surface area (Å²) in [6, 6.07) is 0.131. The molecule has 0 saturated carbocycles. The van der Waals surface area contributed by atoms with Crippen LogP contribution in [0.1, 0.15) is 30.8 Å². The van der Waals surface area contributed by atoms with Crippen molar-refractivity contribution in [2.45, 2.75) is 26.3 Å². The van der Waals surface area contributed by atoms with Gasteiger partial charge in [0, 0.05) is 19.7 Å². The van der Waals surface area contributed by atoms with E-state index in [2.05, 4.69) is 9.97 Å². The molecule has 0 aliphatic heterocycles. The average Bonchev–Trinajstić information content (AvgIpc) is 2.39. The van der Waals surface area contributed by atoms with Crippen LogP contribution in [0.3, 0.4) is 0 Å². The molecule has 0 aromatic carbocycles. The lowest BCUT2D eigenvalue weighted by atomic mass is 10.2. The highest BCUT2D eigenvalue weighted by molar-refractivity contribution is 5.92. The van der Waals surface area contributed by atoms with Crippen molar-refractivity contribution in [3.63, 3.8) is 0 Å². The maximum Gasteiger partial charge on any atom is 0.274 e. The first-order valence-corrected chi connectivity index (χ1v) is 5.97. The number of ether oxygens (including phenoxy) is 1. The molecule has 1 atom stereocenters. The monoisotopic (exact) mass is 252 g/mol. The fraction of sp³-hybridized carbons (Fsp3) is 0.583. The third kappa shape index (κ3) is 3.66. The molecule has 0 saturated heterocycles. The topological polar surface area (TPSA) is 81.3 Å². The number of aromatic nitrogens is 2. The van der Waals surface area contributed by atoms with E-state index in [1.54, 1.807) is 12.0 Å². The summed E-state index contributed by atoms with van der Waals surface area (Å²) < 4.78 is 5.02. The molecule has 0 aliphatic carbocycles. The van der Waals surface area contributed by atoms with Crippen LogP contribution < -0.4 is 5.73 Å². The van der Waals surface area contributed by atoms with Crippen LogP contribution in [-0.4, -0.2) is 47.1 Å². The van der Waals surface area contributed by atoms with Gasteiger partial charge in [-0.15, -0.1) is 0 Å². The predicted octanol–water partition coefficient (Wildman–Crippen LogP) is 0.946. The minimum Gasteiger partial charge on any atom is -0.383 e. The van der Waals surface area contributed by atoms with E-state index in [0.717, 1.165) is 6.42 Å². The lowest BCUT2D eigenvalue weighted by Crippen LogP contribution is -2.40. The number of carbonyl (C=O) groups excluding carboxylic acids is 1. The van der Waals surface area contributed by atoms with E-state index >= 15 is 0 Å². The molecule has 100 valence electrons. The molecule has 1 rings (SSSR count). The quantitative estimate of drug-likeness (QED) is 0.815. The number of nitrogens with zero attached hydrogens (tertiary/aromatic N) is 3. The van der Waals surface area contributed by atoms with Crippen LogP contribution in [-0.2, 0) is 4.74 Å². The molecule has 0 fully saturated rings. The minimum atomic E-state index is -0.145. The van der Waals surface area contributed by atoms with Crippen molar-refractivity contribution in [2.24, 2.45) is 0 Å². The summed E-state index contributed by atoms with van der Waals surface area (Å²) in [5.41, 5.74) is 5.76. The zero-order valence-electron chi connectivity index (χ0n) is 11.1. The molecule has 0 bridgehead atoms. The molecule has 6 heteroatoms. The van der Waals surface area contributed by atoms with Crippen LogP contribution in [0.5, 0.6) is 0 Å². The first-order valence-electron chi connectivity index (χ1n) is 5.97. The van der Waals surface area contributed by atoms with Gasteiger partial charge in [-0.3, -0.25) is 4.79 Å². The van der Waals surface area contributed by atoms with Crippen LogP contribution in [0.4, 0.5) is 5.82 Å². The molecule has 0 spiro atoms. The van der Waals surface area contributed by atoms with Gasteiger partial charge < -0.3 is 15.4 Å². The SMILES string of the molecule is CCC(C)N(CCOC)C(=O)c1cnc(N)cn1. The maximum absolute atomic E-state index is 12.3. The number of carbonyl (C=O) groups is 1. The summed E-state index contributed by atoms with van der Waals surface area (Å²) in [5.74, 6) is 0.160. The van der Waals surface area contributed by atoms with Gasteiger partial charge in [-0.25, -0.2) is 9.97 Å². The largest absolute Gasteiger partial charge is 0.383 e. The standard InChI is InChI=1S/C12H20N4O2/c1-4-9(2)16(5-6-18-3)12(17)10-7-15-11(13)8-14-10/h7-9H,4-6H2,1-3H3,(H2,13,15). The van der Waals surface area contributed by atoms with Crippen molar-refractivity contribution < 1.29 is 9.53 Å². The second-order valence-electron chi connectivity index (χ2n) is 4.08. The molecule has 1 heterocycles. The number of rotatable bonds is 6. The Bertz CT molecular complexity index is 380. The van der Waals surface area contributed by atoms with Gasteiger partial charge in [-0.1, -0.05) is 6.92 Å². The molecule has 2 N–H and O–H groups in total. The average molecular weight is 252 g/mol. The molecule has 1 aromatic heterocycles. The van der Waals surface area contributed by atoms with Crippen molar-refractivity contribution in [3.05, 3.63) is 18.1 Å². The minimum absolute atomic E-state index is 0.131. The highest BCUT2D eigenvalue weighted by atomic mass is 16.5. The second kappa shape index (κ2) is 6.90. The molecular formula is C12H20N4O2. The van der Waals surface area contributed by atoms with E-state index in [0.29, 0.717) is 24.7 Å². The third-order valence-electron chi connectivity index (χ3n) is 2.81. The Kier molecular flexibility index (Phi) is 5.51. The van der Waals surface area contributed by atoms with Gasteiger partial charge >= 0.3 is 0 Å². The van der Waals surface area contributed by atoms with Crippen LogP contribution in [0.25, 0.3) is 0 Å². The van der Waals surface area contributed by atoms with Crippen LogP contribution in [0, 0.1) is 0 Å². The van der Waals surface area contributed by atoms with Gasteiger partial charge in [0.15, 0.2) is 0 Å². The number of hydrogen-bond donors (Lipinski definition) is 1. The van der Waals surface area contributed by atoms with Gasteiger partial charge in [-0.2, -0.15) is 0 Å². The van der Waals surface area contributed by atoms with E-state index in [1.807, 2.05) is 13.8 Å². The summed E-state index contributed by atoms with van der Waals surface area (Å²) in [7, 11) is 1.61. The molecular weight excluding hydrogens is 232 g/mol. The summed E-state index contributed by atoms with van der Waals surface area (Å²) in [4.78, 5) is 21.9. The summed E-state index contributed by atoms with van der Waals surface area (Å²) >= 11 is 0. The first-order chi connectivity index (χ1) is 8.60. The Morgan fingerprint density at radius 1 is 1.50 bits per heavy atom. The molecule has 0 aliphatic rings. The molecule has 1 amide bonds. The number of methoxy groups -OCH3 is 1. The van der Waals surface area contributed by atoms with Crippen LogP contribution in [0.15, 0.2) is 12.4 Å². The Balaban J connectivity index is 2.83. The third-order valence-corrected chi connectivity index (χ3v) is 2.81. The van der Waals surface area contributed by atoms with Crippen molar-refractivity contribution in [1.29, 1.82) is 0 Å². The normalized spacial score (nSPS) is 12.2. The summed E-state index contributed by atoms with van der Waals surface area (Å²) in [6.07, 6.45) is 3.66. The lowest BCUT2D eigenvalue weighted by molar-refractivity contribution is 0.0607. The number of amides is 1. The summed E-state index contributed by atoms with van der Waals surface area (Å²) in [6.45, 7) is 5.07. The van der Waals surface area contributed by atoms with E-state index in [9.17, 15) is 4.79 Å². The van der Waals surface area contributed by atoms with Crippen molar-refractivity contribution in [1.82, 2.24) is 14.9 Å². The molecule has 1 aromatic rings. The zero-order valence-corrected chi connectivity index (χ0v) is 11.1. The summed E-state index contributed by atoms with van der Waals surface area (Å²) in [5, 5.41) is 0. The van der Waals surface area contributed by atoms with Gasteiger partial charge in [0.25, 0.3) is 5.91 Å². The second-order valence-corrected chi connectivity index (χ2v) is 4.08. The Morgan fingerprint density at radius 3 is 2.72 bits per heavy atom. The number of nitrogen functional groups attached to an aromatic ring is 1. The van der Waals surface area contributed by atoms with Crippen LogP contribution >= 0.6 is 0 Å². The van der Waals surface area contributed by atoms with Crippen molar-refractivity contribution >= 4 is 11.7 Å². The smallest absolute Gasteiger partial charge is 0.274 e. The predicted molar refractivity (Wildman–Crippen MR) is 69.1 cm³/mol. The highest BCUT2D eigenvalue weighted by Crippen LogP contribution is 2.09. The van der Waals surface area contributed by atoms with Crippen LogP contribution in [0.2, 0.25) is 0 Å². The van der Waals surface area contributed by atoms with Crippen molar-refractivity contribution in [3.8, 4) is 0 Å². The Hall–Kier alpha value is -1.69. The molecule has 6 nitrogen and oxygen atoms in total. The Morgan fingerprint density at radius 2 is 2.22 bits per heavy atom. The van der Waals surface area contributed by atoms with E-state index in [-0.39, 0.29) is 11.9 Å². The number of hydrogen-bond acceptors (Lipinski definition) is 5. The molecule has 18 heavy (non-hydrogen) atoms. The first kappa shape index (κ1) is 14.4. The maximum atomic E-state index is 12.3. The van der Waals surface area contributed by atoms with E-state index < -0.39 is 0 Å². The Labute approximate surface area is 107 Å². The fourth-order valence-electron chi connectivity index (χ4n) is 1.53. The van der Waals surface area contributed by atoms with E-state index in [4.69, 9.17) is 10.5 Å². The molecule has 0 radical (unpaired) electrons. The highest BCUT2D eigenvalue weighted by Gasteiger charge is 2.21. The van der Waals surface area contributed by atoms with E-state index in [1.165, 1.54) is 12.4 Å². The van der Waals surface area contributed by atoms with Crippen molar-refractivity contribution in [2.75, 3.05) is 26.0 Å². The van der Waals surface area contributed by atoms with Gasteiger partial charge in [0.05, 0.1) is 19.0 Å². The number of nitrogens with two attached hydrogens (primary N) is 1. The van der Waals surface area contributed by atoms with Gasteiger partial charge in [0.1, 0.15) is 11.5 Å². The van der Waals surface area contributed by atoms with Gasteiger partial charge in [-0.05, 0) is 13.3 Å². The fourth-order valence-corrected chi connectivity index (χ4v) is 1.53.